The van der Waals surface area contributed by atoms with Gasteiger partial charge in [-0.3, -0.25) is 13.8 Å². The fourth-order valence-corrected chi connectivity index (χ4v) is 3.51. The molecular formula is C14H18F3N3O3S. The lowest BCUT2D eigenvalue weighted by Gasteiger charge is -2.22. The van der Waals surface area contributed by atoms with E-state index in [0.717, 1.165) is 32.1 Å². The molecule has 1 saturated carbocycles. The van der Waals surface area contributed by atoms with Crippen LogP contribution in [0.25, 0.3) is 0 Å². The van der Waals surface area contributed by atoms with Crippen molar-refractivity contribution in [2.75, 3.05) is 5.75 Å². The first-order chi connectivity index (χ1) is 11.2. The number of alkyl halides is 3. The van der Waals surface area contributed by atoms with E-state index in [-0.39, 0.29) is 17.6 Å². The molecule has 6 nitrogen and oxygen atoms in total. The number of carbonyl (C=O) groups excluding carboxylic acids is 1. The second-order valence-electron chi connectivity index (χ2n) is 5.71. The molecule has 2 rings (SSSR count). The molecule has 1 heterocycles. The molecule has 1 aliphatic rings. The molecule has 2 N–H and O–H groups in total. The number of nitrogens with one attached hydrogen (secondary N) is 2. The number of hydrogen-bond acceptors (Lipinski definition) is 4. The van der Waals surface area contributed by atoms with Crippen molar-refractivity contribution in [1.29, 1.82) is 0 Å². The Morgan fingerprint density at radius 2 is 2.00 bits per heavy atom. The van der Waals surface area contributed by atoms with Crippen LogP contribution in [0, 0.1) is 0 Å². The van der Waals surface area contributed by atoms with Crippen molar-refractivity contribution in [2.45, 2.75) is 50.1 Å². The van der Waals surface area contributed by atoms with Crippen molar-refractivity contribution in [3.05, 3.63) is 27.9 Å². The first kappa shape index (κ1) is 18.6. The lowest BCUT2D eigenvalue weighted by atomic mass is 9.95. The average Bonchev–Trinajstić information content (AvgIpc) is 2.46. The van der Waals surface area contributed by atoms with E-state index in [2.05, 4.69) is 15.3 Å². The fourth-order valence-electron chi connectivity index (χ4n) is 2.59. The van der Waals surface area contributed by atoms with Crippen molar-refractivity contribution in [3.8, 4) is 0 Å². The van der Waals surface area contributed by atoms with Gasteiger partial charge in [-0.2, -0.15) is 13.2 Å². The zero-order valence-corrected chi connectivity index (χ0v) is 13.6. The quantitative estimate of drug-likeness (QED) is 0.827. The summed E-state index contributed by atoms with van der Waals surface area (Å²) in [4.78, 5) is 28.5. The molecule has 1 aliphatic carbocycles. The van der Waals surface area contributed by atoms with Crippen LogP contribution in [-0.4, -0.2) is 31.9 Å². The highest BCUT2D eigenvalue weighted by Gasteiger charge is 2.33. The van der Waals surface area contributed by atoms with Gasteiger partial charge >= 0.3 is 6.18 Å². The van der Waals surface area contributed by atoms with Gasteiger partial charge in [0.1, 0.15) is 11.6 Å². The van der Waals surface area contributed by atoms with Gasteiger partial charge in [0, 0.05) is 22.9 Å². The maximum atomic E-state index is 12.6. The average molecular weight is 365 g/mol. The summed E-state index contributed by atoms with van der Waals surface area (Å²) in [5.41, 5.74) is -2.32. The number of amides is 1. The summed E-state index contributed by atoms with van der Waals surface area (Å²) < 4.78 is 49.7. The third-order valence-corrected chi connectivity index (χ3v) is 4.82. The number of H-pyrrole nitrogens is 1. The second-order valence-corrected chi connectivity index (χ2v) is 7.16. The molecule has 0 spiro atoms. The van der Waals surface area contributed by atoms with Crippen LogP contribution in [-0.2, 0) is 27.5 Å². The maximum Gasteiger partial charge on any atom is 0.433 e. The van der Waals surface area contributed by atoms with Crippen molar-refractivity contribution >= 4 is 16.7 Å². The standard InChI is InChI=1S/C14H18F3N3O3S/c15-14(16,17)10-6-12(21)20-11(19-10)7-24(23)8-13(22)18-9-4-2-1-3-5-9/h6,9H,1-5,7-8H2,(H,18,22)(H,19,20,21)/t24-/m0/s1. The smallest absolute Gasteiger partial charge is 0.353 e. The molecule has 1 amide bonds. The van der Waals surface area contributed by atoms with Crippen LogP contribution in [0.2, 0.25) is 0 Å². The van der Waals surface area contributed by atoms with E-state index in [1.165, 1.54) is 0 Å². The molecule has 10 heteroatoms. The lowest BCUT2D eigenvalue weighted by molar-refractivity contribution is -0.141. The Bertz CT molecular complexity index is 669. The van der Waals surface area contributed by atoms with Crippen LogP contribution in [0.5, 0.6) is 0 Å². The SMILES string of the molecule is O=C(C[S@@](=O)Cc1nc(C(F)(F)F)cc(=O)[nH]1)NC1CCCCC1. The number of carbonyl (C=O) groups is 1. The third-order valence-electron chi connectivity index (χ3n) is 3.64. The summed E-state index contributed by atoms with van der Waals surface area (Å²) in [6, 6.07) is 0.400. The second kappa shape index (κ2) is 7.91. The molecule has 1 fully saturated rings. The Morgan fingerprint density at radius 1 is 1.33 bits per heavy atom. The van der Waals surface area contributed by atoms with Gasteiger partial charge in [0.05, 0.1) is 5.75 Å². The molecule has 0 radical (unpaired) electrons. The number of aromatic amines is 1. The number of rotatable bonds is 5. The largest absolute Gasteiger partial charge is 0.433 e. The highest BCUT2D eigenvalue weighted by atomic mass is 32.2. The highest BCUT2D eigenvalue weighted by Crippen LogP contribution is 2.26. The molecule has 134 valence electrons. The Labute approximate surface area is 138 Å². The Hall–Kier alpha value is -1.71. The van der Waals surface area contributed by atoms with E-state index >= 15 is 0 Å². The highest BCUT2D eigenvalue weighted by molar-refractivity contribution is 7.84. The van der Waals surface area contributed by atoms with E-state index in [4.69, 9.17) is 0 Å². The van der Waals surface area contributed by atoms with Gasteiger partial charge < -0.3 is 10.3 Å². The van der Waals surface area contributed by atoms with Crippen LogP contribution >= 0.6 is 0 Å². The number of halogens is 3. The maximum absolute atomic E-state index is 12.6. The summed E-state index contributed by atoms with van der Waals surface area (Å²) in [6.07, 6.45) is 0.185. The first-order valence-corrected chi connectivity index (χ1v) is 9.04. The minimum Gasteiger partial charge on any atom is -0.353 e. The van der Waals surface area contributed by atoms with Gasteiger partial charge in [-0.15, -0.1) is 0 Å². The lowest BCUT2D eigenvalue weighted by Crippen LogP contribution is -2.38. The van der Waals surface area contributed by atoms with Gasteiger partial charge in [-0.25, -0.2) is 4.98 Å². The third kappa shape index (κ3) is 5.73. The predicted molar refractivity (Wildman–Crippen MR) is 81.6 cm³/mol. The molecular weight excluding hydrogens is 347 g/mol. The number of hydrogen-bond donors (Lipinski definition) is 2. The van der Waals surface area contributed by atoms with Crippen molar-refractivity contribution in [1.82, 2.24) is 15.3 Å². The van der Waals surface area contributed by atoms with Gasteiger partial charge in [-0.05, 0) is 12.8 Å². The zero-order chi connectivity index (χ0) is 17.7. The van der Waals surface area contributed by atoms with E-state index in [1.54, 1.807) is 0 Å². The molecule has 0 aliphatic heterocycles. The van der Waals surface area contributed by atoms with Crippen LogP contribution in [0.15, 0.2) is 10.9 Å². The summed E-state index contributed by atoms with van der Waals surface area (Å²) in [5, 5.41) is 2.78. The number of aromatic nitrogens is 2. The molecule has 24 heavy (non-hydrogen) atoms. The van der Waals surface area contributed by atoms with E-state index in [9.17, 15) is 27.0 Å². The number of nitrogens with zero attached hydrogens (tertiary/aromatic N) is 1. The van der Waals surface area contributed by atoms with Crippen LogP contribution in [0.1, 0.15) is 43.6 Å². The molecule has 0 unspecified atom stereocenters. The van der Waals surface area contributed by atoms with Crippen LogP contribution in [0.3, 0.4) is 0 Å². The minimum absolute atomic E-state index is 0.0646. The summed E-state index contributed by atoms with van der Waals surface area (Å²) >= 11 is 0. The molecule has 1 aromatic heterocycles. The molecule has 1 aromatic rings. The van der Waals surface area contributed by atoms with Crippen LogP contribution < -0.4 is 10.9 Å². The van der Waals surface area contributed by atoms with E-state index < -0.39 is 39.9 Å². The first-order valence-electron chi connectivity index (χ1n) is 7.56. The molecule has 1 atom stereocenters. The summed E-state index contributed by atoms with van der Waals surface area (Å²) in [7, 11) is -1.76. The van der Waals surface area contributed by atoms with E-state index in [0.29, 0.717) is 6.07 Å². The van der Waals surface area contributed by atoms with Crippen molar-refractivity contribution in [3.63, 3.8) is 0 Å². The Balaban J connectivity index is 1.93. The van der Waals surface area contributed by atoms with Gasteiger partial charge in [0.2, 0.25) is 5.91 Å². The van der Waals surface area contributed by atoms with Gasteiger partial charge in [-0.1, -0.05) is 19.3 Å². The van der Waals surface area contributed by atoms with E-state index in [1.807, 2.05) is 0 Å². The normalized spacial score (nSPS) is 17.5. The topological polar surface area (TPSA) is 91.9 Å². The zero-order valence-electron chi connectivity index (χ0n) is 12.8. The van der Waals surface area contributed by atoms with Crippen molar-refractivity contribution in [2.24, 2.45) is 0 Å². The minimum atomic E-state index is -4.76. The molecule has 0 bridgehead atoms. The van der Waals surface area contributed by atoms with Crippen molar-refractivity contribution < 1.29 is 22.2 Å². The molecule has 0 saturated heterocycles. The van der Waals surface area contributed by atoms with Gasteiger partial charge in [0.15, 0.2) is 5.69 Å². The summed E-state index contributed by atoms with van der Waals surface area (Å²) in [6.45, 7) is 0. The summed E-state index contributed by atoms with van der Waals surface area (Å²) in [5.74, 6) is -1.51. The van der Waals surface area contributed by atoms with Gasteiger partial charge in [0.25, 0.3) is 5.56 Å². The Morgan fingerprint density at radius 3 is 2.62 bits per heavy atom. The monoisotopic (exact) mass is 365 g/mol. The predicted octanol–water partition coefficient (Wildman–Crippen LogP) is 1.49. The van der Waals surface area contributed by atoms with Crippen LogP contribution in [0.4, 0.5) is 13.2 Å². The fraction of sp³-hybridized carbons (Fsp3) is 0.643. The molecule has 0 aromatic carbocycles. The Kier molecular flexibility index (Phi) is 6.14.